The first-order valence-corrected chi connectivity index (χ1v) is 5.87. The monoisotopic (exact) mass is 198 g/mol. The van der Waals surface area contributed by atoms with Crippen LogP contribution in [0.25, 0.3) is 0 Å². The Bertz CT molecular complexity index is 190. The lowest BCUT2D eigenvalue weighted by atomic mass is 10.0. The molecule has 1 unspecified atom stereocenters. The number of likely N-dealkylation sites (tertiary alicyclic amines) is 1. The quantitative estimate of drug-likeness (QED) is 0.732. The van der Waals surface area contributed by atoms with E-state index in [1.54, 1.807) is 0 Å². The highest BCUT2D eigenvalue weighted by Gasteiger charge is 2.47. The Balaban J connectivity index is 1.87. The minimum absolute atomic E-state index is 0.371. The van der Waals surface area contributed by atoms with Gasteiger partial charge < -0.3 is 10.5 Å². The fourth-order valence-corrected chi connectivity index (χ4v) is 2.53. The first-order valence-electron chi connectivity index (χ1n) is 5.87. The minimum atomic E-state index is 0.371. The summed E-state index contributed by atoms with van der Waals surface area (Å²) in [5.41, 5.74) is 6.21. The Hall–Kier alpha value is -0.120. The molecule has 0 aromatic carbocycles. The maximum absolute atomic E-state index is 5.84. The van der Waals surface area contributed by atoms with Gasteiger partial charge in [0.15, 0.2) is 0 Å². The van der Waals surface area contributed by atoms with Crippen molar-refractivity contribution in [1.29, 1.82) is 0 Å². The van der Waals surface area contributed by atoms with Gasteiger partial charge in [0.05, 0.1) is 6.10 Å². The average Bonchev–Trinajstić information content (AvgIpc) is 2.99. The smallest absolute Gasteiger partial charge is 0.0702 e. The third-order valence-corrected chi connectivity index (χ3v) is 3.66. The zero-order valence-electron chi connectivity index (χ0n) is 9.17. The van der Waals surface area contributed by atoms with E-state index in [9.17, 15) is 0 Å². The zero-order chi connectivity index (χ0) is 10.0. The van der Waals surface area contributed by atoms with Crippen LogP contribution >= 0.6 is 0 Å². The fraction of sp³-hybridized carbons (Fsp3) is 1.00. The molecule has 1 atom stereocenters. The van der Waals surface area contributed by atoms with E-state index in [4.69, 9.17) is 10.5 Å². The van der Waals surface area contributed by atoms with Crippen LogP contribution in [0.5, 0.6) is 0 Å². The van der Waals surface area contributed by atoms with Crippen LogP contribution in [0.15, 0.2) is 0 Å². The second-order valence-electron chi connectivity index (χ2n) is 4.59. The van der Waals surface area contributed by atoms with E-state index in [1.807, 2.05) is 0 Å². The molecule has 82 valence electrons. The zero-order valence-corrected chi connectivity index (χ0v) is 9.17. The van der Waals surface area contributed by atoms with Gasteiger partial charge in [0.2, 0.25) is 0 Å². The molecule has 2 rings (SSSR count). The van der Waals surface area contributed by atoms with Gasteiger partial charge >= 0.3 is 0 Å². The Kier molecular flexibility index (Phi) is 3.10. The molecule has 0 amide bonds. The third-order valence-electron chi connectivity index (χ3n) is 3.66. The number of piperidine rings is 1. The summed E-state index contributed by atoms with van der Waals surface area (Å²) in [6.45, 7) is 6.07. The third kappa shape index (κ3) is 1.95. The molecule has 3 heteroatoms. The van der Waals surface area contributed by atoms with E-state index >= 15 is 0 Å². The van der Waals surface area contributed by atoms with Gasteiger partial charge in [-0.25, -0.2) is 0 Å². The predicted octanol–water partition coefficient (Wildman–Crippen LogP) is 0.979. The number of nitrogens with zero attached hydrogens (tertiary/aromatic N) is 1. The van der Waals surface area contributed by atoms with E-state index in [0.717, 1.165) is 19.7 Å². The van der Waals surface area contributed by atoms with Crippen molar-refractivity contribution >= 4 is 0 Å². The maximum atomic E-state index is 5.84. The highest BCUT2D eigenvalue weighted by molar-refractivity contribution is 5.05. The van der Waals surface area contributed by atoms with Gasteiger partial charge in [0.1, 0.15) is 0 Å². The molecule has 0 aromatic rings. The van der Waals surface area contributed by atoms with Crippen LogP contribution in [0, 0.1) is 0 Å². The molecule has 1 aliphatic carbocycles. The van der Waals surface area contributed by atoms with Gasteiger partial charge in [-0.2, -0.15) is 0 Å². The average molecular weight is 198 g/mol. The van der Waals surface area contributed by atoms with Crippen molar-refractivity contribution in [2.75, 3.05) is 26.2 Å². The highest BCUT2D eigenvalue weighted by atomic mass is 16.5. The highest BCUT2D eigenvalue weighted by Crippen LogP contribution is 2.42. The summed E-state index contributed by atoms with van der Waals surface area (Å²) in [6, 6.07) is 0. The van der Waals surface area contributed by atoms with Gasteiger partial charge in [-0.15, -0.1) is 0 Å². The molecule has 2 aliphatic rings. The molecule has 3 nitrogen and oxygen atoms in total. The Labute approximate surface area is 86.6 Å². The molecule has 14 heavy (non-hydrogen) atoms. The normalized spacial score (nSPS) is 31.7. The van der Waals surface area contributed by atoms with Crippen molar-refractivity contribution in [2.24, 2.45) is 5.73 Å². The van der Waals surface area contributed by atoms with Crippen molar-refractivity contribution < 1.29 is 4.74 Å². The van der Waals surface area contributed by atoms with Gasteiger partial charge in [-0.1, -0.05) is 0 Å². The van der Waals surface area contributed by atoms with Crippen molar-refractivity contribution in [2.45, 2.75) is 44.2 Å². The minimum Gasteiger partial charge on any atom is -0.377 e. The standard InChI is InChI=1S/C11H22N2O/c1-2-14-10-4-3-7-13(8-10)11(9-12)5-6-11/h10H,2-9,12H2,1H3. The molecular weight excluding hydrogens is 176 g/mol. The van der Waals surface area contributed by atoms with Crippen molar-refractivity contribution in [3.05, 3.63) is 0 Å². The number of rotatable bonds is 4. The maximum Gasteiger partial charge on any atom is 0.0702 e. The summed E-state index contributed by atoms with van der Waals surface area (Å²) in [7, 11) is 0. The Morgan fingerprint density at radius 2 is 2.29 bits per heavy atom. The molecule has 1 saturated heterocycles. The molecule has 2 N–H and O–H groups in total. The van der Waals surface area contributed by atoms with E-state index in [-0.39, 0.29) is 0 Å². The predicted molar refractivity (Wildman–Crippen MR) is 57.2 cm³/mol. The van der Waals surface area contributed by atoms with Crippen LogP contribution in [0.4, 0.5) is 0 Å². The summed E-state index contributed by atoms with van der Waals surface area (Å²) in [6.07, 6.45) is 5.54. The number of hydrogen-bond acceptors (Lipinski definition) is 3. The SMILES string of the molecule is CCOC1CCCN(C2(CN)CC2)C1. The largest absolute Gasteiger partial charge is 0.377 e. The molecule has 1 heterocycles. The molecule has 0 bridgehead atoms. The van der Waals surface area contributed by atoms with E-state index in [2.05, 4.69) is 11.8 Å². The van der Waals surface area contributed by atoms with Crippen LogP contribution in [-0.2, 0) is 4.74 Å². The Morgan fingerprint density at radius 1 is 1.50 bits per heavy atom. The van der Waals surface area contributed by atoms with Gasteiger partial charge in [-0.05, 0) is 39.2 Å². The van der Waals surface area contributed by atoms with Gasteiger partial charge in [-0.3, -0.25) is 4.90 Å². The summed E-state index contributed by atoms with van der Waals surface area (Å²) < 4.78 is 5.70. The topological polar surface area (TPSA) is 38.5 Å². The molecule has 0 radical (unpaired) electrons. The van der Waals surface area contributed by atoms with Crippen molar-refractivity contribution in [3.63, 3.8) is 0 Å². The lowest BCUT2D eigenvalue weighted by molar-refractivity contribution is -0.0107. The molecule has 0 spiro atoms. The number of hydrogen-bond donors (Lipinski definition) is 1. The van der Waals surface area contributed by atoms with E-state index < -0.39 is 0 Å². The molecule has 1 saturated carbocycles. The van der Waals surface area contributed by atoms with Crippen molar-refractivity contribution in [3.8, 4) is 0 Å². The number of ether oxygens (including phenoxy) is 1. The first kappa shape index (κ1) is 10.4. The number of nitrogens with two attached hydrogens (primary N) is 1. The summed E-state index contributed by atoms with van der Waals surface area (Å²) in [4.78, 5) is 2.57. The van der Waals surface area contributed by atoms with Crippen LogP contribution in [-0.4, -0.2) is 42.8 Å². The van der Waals surface area contributed by atoms with Gasteiger partial charge in [0, 0.05) is 25.2 Å². The van der Waals surface area contributed by atoms with E-state index in [1.165, 1.54) is 32.2 Å². The van der Waals surface area contributed by atoms with Crippen LogP contribution in [0.1, 0.15) is 32.6 Å². The summed E-state index contributed by atoms with van der Waals surface area (Å²) in [5, 5.41) is 0. The first-order chi connectivity index (χ1) is 6.80. The molecule has 1 aliphatic heterocycles. The van der Waals surface area contributed by atoms with Crippen molar-refractivity contribution in [1.82, 2.24) is 4.90 Å². The van der Waals surface area contributed by atoms with E-state index in [0.29, 0.717) is 11.6 Å². The van der Waals surface area contributed by atoms with Crippen LogP contribution in [0.3, 0.4) is 0 Å². The Morgan fingerprint density at radius 3 is 2.86 bits per heavy atom. The molecule has 2 fully saturated rings. The molecule has 0 aromatic heterocycles. The second-order valence-corrected chi connectivity index (χ2v) is 4.59. The van der Waals surface area contributed by atoms with Crippen LogP contribution < -0.4 is 5.73 Å². The van der Waals surface area contributed by atoms with Crippen LogP contribution in [0.2, 0.25) is 0 Å². The lowest BCUT2D eigenvalue weighted by Gasteiger charge is -2.38. The molecular formula is C11H22N2O. The summed E-state index contributed by atoms with van der Waals surface area (Å²) >= 11 is 0. The summed E-state index contributed by atoms with van der Waals surface area (Å²) in [5.74, 6) is 0. The van der Waals surface area contributed by atoms with Gasteiger partial charge in [0.25, 0.3) is 0 Å². The lowest BCUT2D eigenvalue weighted by Crippen LogP contribution is -2.50. The second kappa shape index (κ2) is 4.17. The fourth-order valence-electron chi connectivity index (χ4n) is 2.53.